The van der Waals surface area contributed by atoms with Crippen molar-refractivity contribution in [3.8, 4) is 0 Å². The van der Waals surface area contributed by atoms with Gasteiger partial charge in [-0.05, 0) is 43.7 Å². The van der Waals surface area contributed by atoms with E-state index in [1.165, 1.54) is 0 Å². The lowest BCUT2D eigenvalue weighted by Gasteiger charge is -2.33. The van der Waals surface area contributed by atoms with Gasteiger partial charge in [-0.3, -0.25) is 0 Å². The van der Waals surface area contributed by atoms with Gasteiger partial charge in [0, 0.05) is 62.8 Å². The molecule has 31 heavy (non-hydrogen) atoms. The van der Waals surface area contributed by atoms with E-state index in [-0.39, 0.29) is 11.4 Å². The Morgan fingerprint density at radius 1 is 1.06 bits per heavy atom. The molecule has 8 nitrogen and oxygen atoms in total. The molecule has 1 fully saturated rings. The van der Waals surface area contributed by atoms with Crippen molar-refractivity contribution in [3.05, 3.63) is 47.7 Å². The van der Waals surface area contributed by atoms with Gasteiger partial charge in [-0.25, -0.2) is 19.7 Å². The normalized spacial score (nSPS) is 15.0. The minimum absolute atomic E-state index is 0.0642. The molecular weight excluding hydrogens is 390 g/mol. The van der Waals surface area contributed by atoms with Gasteiger partial charge in [0.1, 0.15) is 11.6 Å². The first-order valence-corrected chi connectivity index (χ1v) is 11.0. The molecule has 2 aromatic heterocycles. The number of amides is 2. The Labute approximate surface area is 185 Å². The molecule has 0 aromatic carbocycles. The third-order valence-corrected chi connectivity index (χ3v) is 5.37. The maximum absolute atomic E-state index is 12.2. The van der Waals surface area contributed by atoms with E-state index in [4.69, 9.17) is 0 Å². The van der Waals surface area contributed by atoms with E-state index in [9.17, 15) is 4.79 Å². The molecule has 168 valence electrons. The molecule has 1 aliphatic rings. The van der Waals surface area contributed by atoms with Crippen LogP contribution in [-0.2, 0) is 18.4 Å². The van der Waals surface area contributed by atoms with Crippen LogP contribution in [0.5, 0.6) is 0 Å². The molecule has 1 aliphatic heterocycles. The molecule has 0 saturated carbocycles. The summed E-state index contributed by atoms with van der Waals surface area (Å²) in [4.78, 5) is 30.3. The van der Waals surface area contributed by atoms with Crippen LogP contribution in [-0.4, -0.2) is 65.7 Å². The zero-order valence-electron chi connectivity index (χ0n) is 19.2. The van der Waals surface area contributed by atoms with Crippen LogP contribution in [0, 0.1) is 0 Å². The van der Waals surface area contributed by atoms with E-state index >= 15 is 0 Å². The van der Waals surface area contributed by atoms with Gasteiger partial charge in [0.2, 0.25) is 0 Å². The van der Waals surface area contributed by atoms with Crippen LogP contribution >= 0.6 is 0 Å². The third kappa shape index (κ3) is 7.17. The van der Waals surface area contributed by atoms with Gasteiger partial charge >= 0.3 is 6.03 Å². The van der Waals surface area contributed by atoms with Crippen LogP contribution in [0.4, 0.5) is 10.6 Å². The number of urea groups is 1. The van der Waals surface area contributed by atoms with E-state index in [2.05, 4.69) is 69.3 Å². The molecule has 0 aliphatic carbocycles. The third-order valence-electron chi connectivity index (χ3n) is 5.37. The molecule has 8 heteroatoms. The predicted molar refractivity (Wildman–Crippen MR) is 123 cm³/mol. The molecule has 3 rings (SSSR count). The maximum Gasteiger partial charge on any atom is 0.315 e. The summed E-state index contributed by atoms with van der Waals surface area (Å²) in [5.41, 5.74) is 2.00. The van der Waals surface area contributed by atoms with Crippen LogP contribution in [0.15, 0.2) is 30.6 Å². The van der Waals surface area contributed by atoms with Crippen molar-refractivity contribution in [2.24, 2.45) is 0 Å². The summed E-state index contributed by atoms with van der Waals surface area (Å²) in [5.74, 6) is 1.83. The summed E-state index contributed by atoms with van der Waals surface area (Å²) in [6.45, 7) is 11.4. The van der Waals surface area contributed by atoms with Crippen LogP contribution in [0.3, 0.4) is 0 Å². The summed E-state index contributed by atoms with van der Waals surface area (Å²) in [6.07, 6.45) is 5.27. The number of aryl methyl sites for hydroxylation is 1. The number of carbonyl (C=O) groups is 1. The second kappa shape index (κ2) is 10.5. The summed E-state index contributed by atoms with van der Waals surface area (Å²) < 4.78 is 0. The Kier molecular flexibility index (Phi) is 7.79. The van der Waals surface area contributed by atoms with Gasteiger partial charge in [-0.15, -0.1) is 0 Å². The number of hydrogen-bond acceptors (Lipinski definition) is 6. The lowest BCUT2D eigenvalue weighted by Crippen LogP contribution is -2.44. The highest BCUT2D eigenvalue weighted by Gasteiger charge is 2.17. The van der Waals surface area contributed by atoms with E-state index in [1.807, 2.05) is 24.5 Å². The number of likely N-dealkylation sites (N-methyl/N-ethyl adjacent to an activating group) is 1. The number of nitrogens with zero attached hydrogens (tertiary/aromatic N) is 5. The number of pyridine rings is 1. The Balaban J connectivity index is 1.38. The van der Waals surface area contributed by atoms with Gasteiger partial charge in [0.15, 0.2) is 0 Å². The largest absolute Gasteiger partial charge is 0.354 e. The van der Waals surface area contributed by atoms with Crippen LogP contribution in [0.25, 0.3) is 0 Å². The van der Waals surface area contributed by atoms with Crippen molar-refractivity contribution in [3.63, 3.8) is 0 Å². The molecule has 2 aromatic rings. The van der Waals surface area contributed by atoms with Gasteiger partial charge in [-0.1, -0.05) is 20.8 Å². The Morgan fingerprint density at radius 2 is 1.81 bits per heavy atom. The fourth-order valence-corrected chi connectivity index (χ4v) is 3.39. The fraction of sp³-hybridized carbons (Fsp3) is 0.565. The second-order valence-electron chi connectivity index (χ2n) is 9.15. The standard InChI is InChI=1S/C23H35N7O/c1-23(2,3)21-25-11-8-19(28-21)6-5-9-26-22(31)27-17-18-7-10-24-20(16-18)30-14-12-29(4)13-15-30/h7-8,10-11,16H,5-6,9,12-15,17H2,1-4H3,(H2,26,27,31). The molecular formula is C23H35N7O. The van der Waals surface area contributed by atoms with Crippen LogP contribution in [0.1, 0.15) is 44.3 Å². The van der Waals surface area contributed by atoms with Crippen molar-refractivity contribution < 1.29 is 4.79 Å². The minimum Gasteiger partial charge on any atom is -0.354 e. The number of carbonyl (C=O) groups excluding carboxylic acids is 1. The highest BCUT2D eigenvalue weighted by Crippen LogP contribution is 2.18. The van der Waals surface area contributed by atoms with Gasteiger partial charge in [0.05, 0.1) is 0 Å². The Bertz CT molecular complexity index is 857. The van der Waals surface area contributed by atoms with E-state index in [0.29, 0.717) is 13.1 Å². The van der Waals surface area contributed by atoms with Crippen LogP contribution in [0.2, 0.25) is 0 Å². The number of nitrogens with one attached hydrogen (secondary N) is 2. The molecule has 0 spiro atoms. The van der Waals surface area contributed by atoms with Crippen LogP contribution < -0.4 is 15.5 Å². The number of aromatic nitrogens is 3. The number of anilines is 1. The smallest absolute Gasteiger partial charge is 0.315 e. The molecule has 0 bridgehead atoms. The highest BCUT2D eigenvalue weighted by atomic mass is 16.2. The minimum atomic E-state index is -0.156. The quantitative estimate of drug-likeness (QED) is 0.663. The number of hydrogen-bond donors (Lipinski definition) is 2. The van der Waals surface area contributed by atoms with Crippen molar-refractivity contribution >= 4 is 11.8 Å². The molecule has 0 radical (unpaired) electrons. The van der Waals surface area contributed by atoms with Crippen molar-refractivity contribution in [2.75, 3.05) is 44.7 Å². The van der Waals surface area contributed by atoms with Gasteiger partial charge in [-0.2, -0.15) is 0 Å². The summed E-state index contributed by atoms with van der Waals surface area (Å²) >= 11 is 0. The molecule has 3 heterocycles. The molecule has 2 amide bonds. The first-order chi connectivity index (χ1) is 14.8. The molecule has 1 saturated heterocycles. The fourth-order valence-electron chi connectivity index (χ4n) is 3.39. The van der Waals surface area contributed by atoms with E-state index < -0.39 is 0 Å². The van der Waals surface area contributed by atoms with E-state index in [0.717, 1.165) is 61.9 Å². The first kappa shape index (κ1) is 22.9. The lowest BCUT2D eigenvalue weighted by atomic mass is 9.95. The van der Waals surface area contributed by atoms with Gasteiger partial charge < -0.3 is 20.4 Å². The molecule has 0 unspecified atom stereocenters. The van der Waals surface area contributed by atoms with Gasteiger partial charge in [0.25, 0.3) is 0 Å². The molecule has 2 N–H and O–H groups in total. The SMILES string of the molecule is CN1CCN(c2cc(CNC(=O)NCCCc3ccnc(C(C)(C)C)n3)ccn2)CC1. The van der Waals surface area contributed by atoms with Crippen molar-refractivity contribution in [2.45, 2.75) is 45.6 Å². The second-order valence-corrected chi connectivity index (χ2v) is 9.15. The lowest BCUT2D eigenvalue weighted by molar-refractivity contribution is 0.240. The van der Waals surface area contributed by atoms with Crippen molar-refractivity contribution in [1.82, 2.24) is 30.5 Å². The monoisotopic (exact) mass is 425 g/mol. The van der Waals surface area contributed by atoms with Crippen molar-refractivity contribution in [1.29, 1.82) is 0 Å². The zero-order valence-corrected chi connectivity index (χ0v) is 19.2. The average molecular weight is 426 g/mol. The summed E-state index contributed by atoms with van der Waals surface area (Å²) in [6, 6.07) is 5.79. The first-order valence-electron chi connectivity index (χ1n) is 11.0. The topological polar surface area (TPSA) is 86.3 Å². The average Bonchev–Trinajstić information content (AvgIpc) is 2.76. The Morgan fingerprint density at radius 3 is 2.55 bits per heavy atom. The summed E-state index contributed by atoms with van der Waals surface area (Å²) in [7, 11) is 2.14. The molecule has 0 atom stereocenters. The highest BCUT2D eigenvalue weighted by molar-refractivity contribution is 5.73. The Hall–Kier alpha value is -2.74. The summed E-state index contributed by atoms with van der Waals surface area (Å²) in [5, 5.41) is 5.86. The zero-order chi connectivity index (χ0) is 22.3. The number of rotatable bonds is 7. The van der Waals surface area contributed by atoms with E-state index in [1.54, 1.807) is 0 Å². The maximum atomic E-state index is 12.2. The number of piperazine rings is 1. The predicted octanol–water partition coefficient (Wildman–Crippen LogP) is 2.35.